The number of thiazole rings is 1. The summed E-state index contributed by atoms with van der Waals surface area (Å²) in [5, 5.41) is 18.9. The molecule has 2 N–H and O–H groups in total. The van der Waals surface area contributed by atoms with Gasteiger partial charge in [0.25, 0.3) is 0 Å². The molecule has 2 unspecified atom stereocenters. The molecule has 7 nitrogen and oxygen atoms in total. The van der Waals surface area contributed by atoms with Crippen LogP contribution < -0.4 is 10.6 Å². The largest absolute Gasteiger partial charge is 0.446 e. The van der Waals surface area contributed by atoms with E-state index in [0.29, 0.717) is 42.8 Å². The Labute approximate surface area is 206 Å². The highest BCUT2D eigenvalue weighted by Crippen LogP contribution is 2.38. The lowest BCUT2D eigenvalue weighted by atomic mass is 9.93. The summed E-state index contributed by atoms with van der Waals surface area (Å²) in [6, 6.07) is 12.2. The molecule has 2 aromatic heterocycles. The molecule has 4 rings (SSSR count). The third-order valence-corrected chi connectivity index (χ3v) is 7.79. The van der Waals surface area contributed by atoms with E-state index in [1.165, 1.54) is 22.7 Å². The minimum atomic E-state index is -0.473. The zero-order chi connectivity index (χ0) is 24.1. The number of anilines is 1. The summed E-state index contributed by atoms with van der Waals surface area (Å²) in [7, 11) is 0. The SMILES string of the molecule is Cc1nc(CNC(=O)OC2CCc3c(sc(NC(=O)CC(C)c4ccccc4)c3C#N)C2)cs1. The Morgan fingerprint density at radius 3 is 2.82 bits per heavy atom. The highest BCUT2D eigenvalue weighted by molar-refractivity contribution is 7.16. The number of rotatable bonds is 7. The molecule has 0 saturated heterocycles. The van der Waals surface area contributed by atoms with Crippen molar-refractivity contribution in [2.45, 2.75) is 58.1 Å². The van der Waals surface area contributed by atoms with Gasteiger partial charge in [-0.3, -0.25) is 4.79 Å². The fourth-order valence-electron chi connectivity index (χ4n) is 4.06. The number of aryl methyl sites for hydroxylation is 1. The predicted octanol–water partition coefficient (Wildman–Crippen LogP) is 5.30. The van der Waals surface area contributed by atoms with E-state index in [9.17, 15) is 14.9 Å². The van der Waals surface area contributed by atoms with Crippen LogP contribution in [0, 0.1) is 18.3 Å². The molecule has 2 atom stereocenters. The van der Waals surface area contributed by atoms with E-state index in [1.54, 1.807) is 0 Å². The van der Waals surface area contributed by atoms with E-state index < -0.39 is 6.09 Å². The molecule has 2 heterocycles. The number of amides is 2. The van der Waals surface area contributed by atoms with Gasteiger partial charge in [0.1, 0.15) is 17.2 Å². The number of benzene rings is 1. The van der Waals surface area contributed by atoms with Crippen LogP contribution in [-0.4, -0.2) is 23.1 Å². The van der Waals surface area contributed by atoms with E-state index >= 15 is 0 Å². The number of carbonyl (C=O) groups is 2. The van der Waals surface area contributed by atoms with Gasteiger partial charge in [-0.2, -0.15) is 5.26 Å². The van der Waals surface area contributed by atoms with Crippen molar-refractivity contribution in [3.05, 3.63) is 68.0 Å². The third-order valence-electron chi connectivity index (χ3n) is 5.80. The average Bonchev–Trinajstić information content (AvgIpc) is 3.40. The monoisotopic (exact) mass is 494 g/mol. The minimum Gasteiger partial charge on any atom is -0.446 e. The number of carbonyl (C=O) groups excluding carboxylic acids is 2. The number of nitrogens with one attached hydrogen (secondary N) is 2. The number of thiophene rings is 1. The molecule has 0 fully saturated rings. The summed E-state index contributed by atoms with van der Waals surface area (Å²) in [5.41, 5.74) is 3.40. The molecule has 1 aromatic carbocycles. The Morgan fingerprint density at radius 1 is 1.32 bits per heavy atom. The standard InChI is InChI=1S/C25H26N4O3S2/c1-15(17-6-4-3-5-7-17)10-23(30)29-24-21(12-26)20-9-8-19(11-22(20)34-24)32-25(31)27-13-18-14-33-16(2)28-18/h3-7,14-15,19H,8-11,13H2,1-2H3,(H,27,31)(H,29,30). The Hall–Kier alpha value is -3.22. The molecule has 3 aromatic rings. The number of nitriles is 1. The topological polar surface area (TPSA) is 104 Å². The Balaban J connectivity index is 1.34. The van der Waals surface area contributed by atoms with E-state index in [1.807, 2.05) is 49.6 Å². The zero-order valence-corrected chi connectivity index (χ0v) is 20.7. The first kappa shape index (κ1) is 23.9. The normalized spacial score (nSPS) is 15.6. The quantitative estimate of drug-likeness (QED) is 0.464. The number of ether oxygens (including phenoxy) is 1. The lowest BCUT2D eigenvalue weighted by Gasteiger charge is -2.22. The van der Waals surface area contributed by atoms with Gasteiger partial charge in [-0.15, -0.1) is 22.7 Å². The predicted molar refractivity (Wildman–Crippen MR) is 133 cm³/mol. The van der Waals surface area contributed by atoms with E-state index in [-0.39, 0.29) is 17.9 Å². The van der Waals surface area contributed by atoms with Gasteiger partial charge in [-0.1, -0.05) is 37.3 Å². The first-order valence-electron chi connectivity index (χ1n) is 11.2. The Morgan fingerprint density at radius 2 is 2.12 bits per heavy atom. The summed E-state index contributed by atoms with van der Waals surface area (Å²) >= 11 is 2.94. The van der Waals surface area contributed by atoms with E-state index in [2.05, 4.69) is 21.7 Å². The summed E-state index contributed by atoms with van der Waals surface area (Å²) < 4.78 is 5.60. The van der Waals surface area contributed by atoms with Gasteiger partial charge in [0.2, 0.25) is 5.91 Å². The molecule has 2 amide bonds. The first-order valence-corrected chi connectivity index (χ1v) is 12.9. The molecule has 0 saturated carbocycles. The van der Waals surface area contributed by atoms with Gasteiger partial charge >= 0.3 is 6.09 Å². The number of fused-ring (bicyclic) bond motifs is 1. The van der Waals surface area contributed by atoms with Gasteiger partial charge < -0.3 is 15.4 Å². The van der Waals surface area contributed by atoms with Crippen molar-refractivity contribution >= 4 is 39.7 Å². The number of aromatic nitrogens is 1. The second kappa shape index (κ2) is 10.8. The molecule has 34 heavy (non-hydrogen) atoms. The van der Waals surface area contributed by atoms with Gasteiger partial charge in [-0.05, 0) is 36.8 Å². The van der Waals surface area contributed by atoms with Crippen LogP contribution in [0.2, 0.25) is 0 Å². The van der Waals surface area contributed by atoms with Crippen LogP contribution in [0.1, 0.15) is 58.0 Å². The highest BCUT2D eigenvalue weighted by atomic mass is 32.1. The van der Waals surface area contributed by atoms with Crippen molar-refractivity contribution in [3.8, 4) is 6.07 Å². The lowest BCUT2D eigenvalue weighted by Crippen LogP contribution is -2.31. The molecule has 0 spiro atoms. The van der Waals surface area contributed by atoms with Crippen molar-refractivity contribution in [3.63, 3.8) is 0 Å². The highest BCUT2D eigenvalue weighted by Gasteiger charge is 2.28. The average molecular weight is 495 g/mol. The summed E-state index contributed by atoms with van der Waals surface area (Å²) in [6.45, 7) is 4.27. The van der Waals surface area contributed by atoms with Crippen molar-refractivity contribution in [2.75, 3.05) is 5.32 Å². The summed E-state index contributed by atoms with van der Waals surface area (Å²) in [4.78, 5) is 30.2. The number of hydrogen-bond acceptors (Lipinski definition) is 7. The van der Waals surface area contributed by atoms with Crippen molar-refractivity contribution in [2.24, 2.45) is 0 Å². The van der Waals surface area contributed by atoms with Gasteiger partial charge in [0.15, 0.2) is 0 Å². The lowest BCUT2D eigenvalue weighted by molar-refractivity contribution is -0.116. The van der Waals surface area contributed by atoms with Crippen LogP contribution in [0.15, 0.2) is 35.7 Å². The molecule has 1 aliphatic carbocycles. The number of alkyl carbamates (subject to hydrolysis) is 1. The van der Waals surface area contributed by atoms with E-state index in [4.69, 9.17) is 4.74 Å². The van der Waals surface area contributed by atoms with Crippen LogP contribution in [0.4, 0.5) is 9.80 Å². The number of hydrogen-bond donors (Lipinski definition) is 2. The van der Waals surface area contributed by atoms with Crippen molar-refractivity contribution in [1.82, 2.24) is 10.3 Å². The second-order valence-electron chi connectivity index (χ2n) is 8.37. The molecule has 0 aliphatic heterocycles. The van der Waals surface area contributed by atoms with Crippen LogP contribution in [0.25, 0.3) is 0 Å². The molecule has 0 radical (unpaired) electrons. The molecular weight excluding hydrogens is 468 g/mol. The van der Waals surface area contributed by atoms with Crippen molar-refractivity contribution in [1.29, 1.82) is 5.26 Å². The second-order valence-corrected chi connectivity index (χ2v) is 10.5. The van der Waals surface area contributed by atoms with E-state index in [0.717, 1.165) is 26.7 Å². The Kier molecular flexibility index (Phi) is 7.60. The zero-order valence-electron chi connectivity index (χ0n) is 19.1. The van der Waals surface area contributed by atoms with Crippen LogP contribution >= 0.6 is 22.7 Å². The fraction of sp³-hybridized carbons (Fsp3) is 0.360. The molecular formula is C25H26N4O3S2. The summed E-state index contributed by atoms with van der Waals surface area (Å²) in [6.07, 6.45) is 1.40. The molecule has 1 aliphatic rings. The molecule has 176 valence electrons. The van der Waals surface area contributed by atoms with Crippen molar-refractivity contribution < 1.29 is 14.3 Å². The maximum Gasteiger partial charge on any atom is 0.407 e. The maximum atomic E-state index is 12.7. The molecule has 0 bridgehead atoms. The van der Waals surface area contributed by atoms with Crippen LogP contribution in [0.5, 0.6) is 0 Å². The van der Waals surface area contributed by atoms with Crippen LogP contribution in [0.3, 0.4) is 0 Å². The minimum absolute atomic E-state index is 0.0748. The van der Waals surface area contributed by atoms with Gasteiger partial charge in [0, 0.05) is 23.1 Å². The molecule has 9 heteroatoms. The first-order chi connectivity index (χ1) is 16.4. The summed E-state index contributed by atoms with van der Waals surface area (Å²) in [5.74, 6) is -0.0401. The Bertz CT molecular complexity index is 1210. The maximum absolute atomic E-state index is 12.7. The number of nitrogens with zero attached hydrogens (tertiary/aromatic N) is 2. The third kappa shape index (κ3) is 5.82. The smallest absolute Gasteiger partial charge is 0.407 e. The fourth-order valence-corrected chi connectivity index (χ4v) is 5.95. The van der Waals surface area contributed by atoms with Gasteiger partial charge in [0.05, 0.1) is 22.8 Å². The van der Waals surface area contributed by atoms with Gasteiger partial charge in [-0.25, -0.2) is 9.78 Å². The van der Waals surface area contributed by atoms with Crippen LogP contribution in [-0.2, 0) is 28.9 Å².